The molecule has 0 heterocycles. The second-order valence-electron chi connectivity index (χ2n) is 3.44. The van der Waals surface area contributed by atoms with E-state index >= 15 is 0 Å². The maximum Gasteiger partial charge on any atom is 0.323 e. The van der Waals surface area contributed by atoms with Crippen LogP contribution in [-0.2, 0) is 4.79 Å². The van der Waals surface area contributed by atoms with E-state index in [4.69, 9.17) is 5.11 Å². The van der Waals surface area contributed by atoms with Crippen molar-refractivity contribution in [3.8, 4) is 0 Å². The highest BCUT2D eigenvalue weighted by atomic mass is 16.4. The van der Waals surface area contributed by atoms with Crippen LogP contribution in [0.5, 0.6) is 0 Å². The van der Waals surface area contributed by atoms with Gasteiger partial charge < -0.3 is 5.11 Å². The van der Waals surface area contributed by atoms with Crippen molar-refractivity contribution in [3.63, 3.8) is 0 Å². The Hall–Kier alpha value is -0.570. The summed E-state index contributed by atoms with van der Waals surface area (Å²) in [7, 11) is 0. The van der Waals surface area contributed by atoms with Gasteiger partial charge in [-0.1, -0.05) is 13.8 Å². The van der Waals surface area contributed by atoms with Crippen molar-refractivity contribution < 1.29 is 9.90 Å². The topological polar surface area (TPSA) is 49.3 Å². The lowest BCUT2D eigenvalue weighted by molar-refractivity contribution is -0.144. The summed E-state index contributed by atoms with van der Waals surface area (Å²) < 4.78 is 0. The SMILES string of the molecule is CCC(C)NC(C)(CC)C(=O)O. The number of carbonyl (C=O) groups is 1. The molecule has 0 rings (SSSR count). The molecule has 0 aliphatic carbocycles. The Bertz CT molecular complexity index is 159. The minimum Gasteiger partial charge on any atom is -0.480 e. The van der Waals surface area contributed by atoms with Crippen LogP contribution in [0.2, 0.25) is 0 Å². The molecule has 3 heteroatoms. The normalized spacial score (nSPS) is 18.3. The number of aliphatic carboxylic acids is 1. The minimum absolute atomic E-state index is 0.256. The molecule has 0 fully saturated rings. The van der Waals surface area contributed by atoms with Crippen molar-refractivity contribution in [2.24, 2.45) is 0 Å². The van der Waals surface area contributed by atoms with E-state index in [-0.39, 0.29) is 6.04 Å². The van der Waals surface area contributed by atoms with Crippen LogP contribution in [0.1, 0.15) is 40.5 Å². The van der Waals surface area contributed by atoms with Gasteiger partial charge in [0.15, 0.2) is 0 Å². The van der Waals surface area contributed by atoms with E-state index in [1.54, 1.807) is 6.92 Å². The molecule has 0 aromatic rings. The van der Waals surface area contributed by atoms with Crippen LogP contribution in [0.4, 0.5) is 0 Å². The quantitative estimate of drug-likeness (QED) is 0.664. The molecule has 0 aliphatic heterocycles. The first kappa shape index (κ1) is 11.4. The zero-order valence-corrected chi connectivity index (χ0v) is 8.35. The van der Waals surface area contributed by atoms with Crippen molar-refractivity contribution in [3.05, 3.63) is 0 Å². The predicted octanol–water partition coefficient (Wildman–Crippen LogP) is 1.63. The zero-order valence-electron chi connectivity index (χ0n) is 8.35. The Morgan fingerprint density at radius 3 is 2.33 bits per heavy atom. The number of carboxylic acid groups (broad SMARTS) is 1. The van der Waals surface area contributed by atoms with Crippen LogP contribution in [0.25, 0.3) is 0 Å². The van der Waals surface area contributed by atoms with Gasteiger partial charge in [0.2, 0.25) is 0 Å². The molecule has 3 nitrogen and oxygen atoms in total. The lowest BCUT2D eigenvalue weighted by Gasteiger charge is -2.28. The van der Waals surface area contributed by atoms with E-state index in [0.717, 1.165) is 6.42 Å². The summed E-state index contributed by atoms with van der Waals surface area (Å²) >= 11 is 0. The van der Waals surface area contributed by atoms with Crippen molar-refractivity contribution in [1.29, 1.82) is 0 Å². The van der Waals surface area contributed by atoms with Crippen LogP contribution < -0.4 is 5.32 Å². The maximum absolute atomic E-state index is 10.8. The summed E-state index contributed by atoms with van der Waals surface area (Å²) in [6.45, 7) is 7.64. The molecule has 2 unspecified atom stereocenters. The molecule has 0 aromatic carbocycles. The molecule has 0 spiro atoms. The largest absolute Gasteiger partial charge is 0.480 e. The fourth-order valence-electron chi connectivity index (χ4n) is 0.961. The molecular weight excluding hydrogens is 154 g/mol. The van der Waals surface area contributed by atoms with Crippen molar-refractivity contribution in [2.75, 3.05) is 0 Å². The summed E-state index contributed by atoms with van der Waals surface area (Å²) in [6.07, 6.45) is 1.55. The Morgan fingerprint density at radius 1 is 1.58 bits per heavy atom. The summed E-state index contributed by atoms with van der Waals surface area (Å²) in [5.74, 6) is -0.773. The van der Waals surface area contributed by atoms with Gasteiger partial charge in [-0.05, 0) is 26.7 Å². The van der Waals surface area contributed by atoms with E-state index in [1.807, 2.05) is 20.8 Å². The molecule has 0 saturated heterocycles. The smallest absolute Gasteiger partial charge is 0.323 e. The lowest BCUT2D eigenvalue weighted by atomic mass is 9.97. The molecule has 0 aromatic heterocycles. The van der Waals surface area contributed by atoms with Crippen molar-refractivity contribution in [1.82, 2.24) is 5.32 Å². The molecule has 0 saturated carbocycles. The molecule has 12 heavy (non-hydrogen) atoms. The molecule has 0 bridgehead atoms. The monoisotopic (exact) mass is 173 g/mol. The van der Waals surface area contributed by atoms with Gasteiger partial charge in [0.1, 0.15) is 5.54 Å². The average Bonchev–Trinajstić information content (AvgIpc) is 2.03. The number of hydrogen-bond acceptors (Lipinski definition) is 2. The molecule has 0 aliphatic rings. The Balaban J connectivity index is 4.23. The molecule has 72 valence electrons. The summed E-state index contributed by atoms with van der Waals surface area (Å²) in [5, 5.41) is 12.0. The molecule has 0 amide bonds. The van der Waals surface area contributed by atoms with Gasteiger partial charge in [-0.25, -0.2) is 0 Å². The van der Waals surface area contributed by atoms with Crippen LogP contribution in [-0.4, -0.2) is 22.7 Å². The first-order chi connectivity index (χ1) is 5.46. The van der Waals surface area contributed by atoms with Gasteiger partial charge in [0.25, 0.3) is 0 Å². The number of nitrogens with one attached hydrogen (secondary N) is 1. The van der Waals surface area contributed by atoms with Crippen molar-refractivity contribution in [2.45, 2.75) is 52.1 Å². The average molecular weight is 173 g/mol. The van der Waals surface area contributed by atoms with Crippen LogP contribution >= 0.6 is 0 Å². The Labute approximate surface area is 74.2 Å². The standard InChI is InChI=1S/C9H19NO2/c1-5-7(3)10-9(4,6-2)8(11)12/h7,10H,5-6H2,1-4H3,(H,11,12). The fraction of sp³-hybridized carbons (Fsp3) is 0.889. The Morgan fingerprint density at radius 2 is 2.08 bits per heavy atom. The fourth-order valence-corrected chi connectivity index (χ4v) is 0.961. The lowest BCUT2D eigenvalue weighted by Crippen LogP contribution is -2.52. The third-order valence-corrected chi connectivity index (χ3v) is 2.36. The summed E-state index contributed by atoms with van der Waals surface area (Å²) in [5.41, 5.74) is -0.768. The molecule has 2 N–H and O–H groups in total. The number of carboxylic acids is 1. The van der Waals surface area contributed by atoms with E-state index in [0.29, 0.717) is 6.42 Å². The third-order valence-electron chi connectivity index (χ3n) is 2.36. The van der Waals surface area contributed by atoms with Gasteiger partial charge in [-0.2, -0.15) is 0 Å². The van der Waals surface area contributed by atoms with Gasteiger partial charge in [-0.3, -0.25) is 10.1 Å². The molecule has 2 atom stereocenters. The van der Waals surface area contributed by atoms with Gasteiger partial charge in [-0.15, -0.1) is 0 Å². The number of rotatable bonds is 5. The molecule has 0 radical (unpaired) electrons. The van der Waals surface area contributed by atoms with E-state index in [9.17, 15) is 4.79 Å². The second kappa shape index (κ2) is 4.45. The maximum atomic E-state index is 10.8. The van der Waals surface area contributed by atoms with Gasteiger partial charge in [0, 0.05) is 6.04 Å². The van der Waals surface area contributed by atoms with Gasteiger partial charge >= 0.3 is 5.97 Å². The molecular formula is C9H19NO2. The first-order valence-electron chi connectivity index (χ1n) is 4.47. The van der Waals surface area contributed by atoms with Crippen LogP contribution in [0, 0.1) is 0 Å². The third kappa shape index (κ3) is 2.81. The summed E-state index contributed by atoms with van der Waals surface area (Å²) in [6, 6.07) is 0.256. The van der Waals surface area contributed by atoms with E-state index in [2.05, 4.69) is 5.32 Å². The number of hydrogen-bond donors (Lipinski definition) is 2. The van der Waals surface area contributed by atoms with Crippen molar-refractivity contribution >= 4 is 5.97 Å². The van der Waals surface area contributed by atoms with Crippen LogP contribution in [0.3, 0.4) is 0 Å². The highest BCUT2D eigenvalue weighted by Crippen LogP contribution is 2.11. The minimum atomic E-state index is -0.773. The van der Waals surface area contributed by atoms with Gasteiger partial charge in [0.05, 0.1) is 0 Å². The predicted molar refractivity (Wildman–Crippen MR) is 49.2 cm³/mol. The first-order valence-corrected chi connectivity index (χ1v) is 4.47. The second-order valence-corrected chi connectivity index (χ2v) is 3.44. The highest BCUT2D eigenvalue weighted by molar-refractivity contribution is 5.78. The highest BCUT2D eigenvalue weighted by Gasteiger charge is 2.31. The van der Waals surface area contributed by atoms with E-state index in [1.165, 1.54) is 0 Å². The van der Waals surface area contributed by atoms with E-state index < -0.39 is 11.5 Å². The zero-order chi connectivity index (χ0) is 9.78. The van der Waals surface area contributed by atoms with Crippen LogP contribution in [0.15, 0.2) is 0 Å². The Kier molecular flexibility index (Phi) is 4.24. The summed E-state index contributed by atoms with van der Waals surface area (Å²) in [4.78, 5) is 10.8.